The van der Waals surface area contributed by atoms with Crippen LogP contribution >= 0.6 is 11.6 Å². The molecule has 1 N–H and O–H groups in total. The van der Waals surface area contributed by atoms with Gasteiger partial charge in [-0.1, -0.05) is 11.6 Å². The highest BCUT2D eigenvalue weighted by molar-refractivity contribution is 6.30. The summed E-state index contributed by atoms with van der Waals surface area (Å²) in [5.41, 5.74) is -0.260. The Morgan fingerprint density at radius 1 is 1.60 bits per heavy atom. The standard InChI is InChI=1S/C6H6ClNO2/c1-10-6-3-4(7)2-5(9)8-6/h2-3H,1H3,(H,8,9). The Bertz CT molecular complexity index is 281. The van der Waals surface area contributed by atoms with E-state index in [2.05, 4.69) is 4.98 Å². The summed E-state index contributed by atoms with van der Waals surface area (Å²) in [7, 11) is 1.46. The third kappa shape index (κ3) is 1.51. The minimum Gasteiger partial charge on any atom is -0.482 e. The van der Waals surface area contributed by atoms with Crippen molar-refractivity contribution >= 4 is 11.6 Å². The van der Waals surface area contributed by atoms with Crippen LogP contribution in [0, 0.1) is 0 Å². The first-order chi connectivity index (χ1) is 4.72. The van der Waals surface area contributed by atoms with E-state index in [4.69, 9.17) is 16.3 Å². The van der Waals surface area contributed by atoms with Crippen LogP contribution in [0.5, 0.6) is 5.88 Å². The minimum absolute atomic E-state index is 0.260. The largest absolute Gasteiger partial charge is 0.482 e. The highest BCUT2D eigenvalue weighted by atomic mass is 35.5. The lowest BCUT2D eigenvalue weighted by molar-refractivity contribution is 0.396. The zero-order chi connectivity index (χ0) is 7.56. The number of pyridine rings is 1. The van der Waals surface area contributed by atoms with Gasteiger partial charge in [0.15, 0.2) is 5.88 Å². The number of rotatable bonds is 1. The summed E-state index contributed by atoms with van der Waals surface area (Å²) >= 11 is 5.53. The Morgan fingerprint density at radius 2 is 2.30 bits per heavy atom. The fraction of sp³-hybridized carbons (Fsp3) is 0.167. The van der Waals surface area contributed by atoms with Crippen LogP contribution < -0.4 is 10.3 Å². The van der Waals surface area contributed by atoms with Crippen molar-refractivity contribution in [2.24, 2.45) is 0 Å². The second kappa shape index (κ2) is 2.75. The van der Waals surface area contributed by atoms with Crippen molar-refractivity contribution in [3.05, 3.63) is 27.5 Å². The average Bonchev–Trinajstić information content (AvgIpc) is 1.85. The van der Waals surface area contributed by atoms with Crippen molar-refractivity contribution in [1.29, 1.82) is 0 Å². The second-order valence-corrected chi connectivity index (χ2v) is 2.17. The van der Waals surface area contributed by atoms with Gasteiger partial charge in [-0.3, -0.25) is 9.78 Å². The summed E-state index contributed by atoms with van der Waals surface area (Å²) in [5.74, 6) is 0.373. The van der Waals surface area contributed by atoms with Crippen LogP contribution in [0.15, 0.2) is 16.9 Å². The van der Waals surface area contributed by atoms with Crippen molar-refractivity contribution in [2.45, 2.75) is 0 Å². The number of halogens is 1. The van der Waals surface area contributed by atoms with Gasteiger partial charge in [-0.05, 0) is 0 Å². The number of H-pyrrole nitrogens is 1. The zero-order valence-corrected chi connectivity index (χ0v) is 6.11. The van der Waals surface area contributed by atoms with Crippen molar-refractivity contribution in [2.75, 3.05) is 7.11 Å². The Hall–Kier alpha value is -0.960. The number of aromatic amines is 1. The van der Waals surface area contributed by atoms with Crippen LogP contribution in [-0.4, -0.2) is 12.1 Å². The lowest BCUT2D eigenvalue weighted by Gasteiger charge is -1.96. The molecule has 0 radical (unpaired) electrons. The van der Waals surface area contributed by atoms with Gasteiger partial charge in [-0.2, -0.15) is 0 Å². The molecule has 0 aliphatic heterocycles. The van der Waals surface area contributed by atoms with E-state index in [9.17, 15) is 4.79 Å². The molecule has 0 saturated heterocycles. The Labute approximate surface area is 62.6 Å². The van der Waals surface area contributed by atoms with E-state index in [1.54, 1.807) is 0 Å². The van der Waals surface area contributed by atoms with Crippen molar-refractivity contribution in [3.8, 4) is 5.88 Å². The summed E-state index contributed by atoms with van der Waals surface area (Å²) in [6.45, 7) is 0. The van der Waals surface area contributed by atoms with Gasteiger partial charge < -0.3 is 4.74 Å². The van der Waals surface area contributed by atoms with Crippen LogP contribution in [0.2, 0.25) is 5.02 Å². The predicted molar refractivity (Wildman–Crippen MR) is 38.6 cm³/mol. The molecule has 1 heterocycles. The Balaban J connectivity index is 3.19. The topological polar surface area (TPSA) is 42.1 Å². The summed E-state index contributed by atoms with van der Waals surface area (Å²) in [5, 5.41) is 0.376. The third-order valence-corrected chi connectivity index (χ3v) is 1.22. The summed E-state index contributed by atoms with van der Waals surface area (Å²) in [4.78, 5) is 13.1. The van der Waals surface area contributed by atoms with E-state index >= 15 is 0 Å². The first kappa shape index (κ1) is 7.15. The van der Waals surface area contributed by atoms with E-state index < -0.39 is 0 Å². The molecule has 0 atom stereocenters. The average molecular weight is 160 g/mol. The van der Waals surface area contributed by atoms with Crippen molar-refractivity contribution in [3.63, 3.8) is 0 Å². The van der Waals surface area contributed by atoms with Crippen molar-refractivity contribution < 1.29 is 4.74 Å². The SMILES string of the molecule is COc1cc(Cl)cc(=O)[nH]1. The lowest BCUT2D eigenvalue weighted by atomic mass is 10.5. The molecular formula is C6H6ClNO2. The van der Waals surface area contributed by atoms with Gasteiger partial charge in [-0.25, -0.2) is 0 Å². The molecule has 0 bridgehead atoms. The first-order valence-electron chi connectivity index (χ1n) is 2.66. The molecule has 0 aliphatic rings. The number of aromatic nitrogens is 1. The molecule has 4 heteroatoms. The fourth-order valence-electron chi connectivity index (χ4n) is 0.596. The molecule has 1 aromatic rings. The van der Waals surface area contributed by atoms with Crippen LogP contribution in [-0.2, 0) is 0 Å². The maximum absolute atomic E-state index is 10.6. The van der Waals surface area contributed by atoms with E-state index in [1.165, 1.54) is 19.2 Å². The van der Waals surface area contributed by atoms with Gasteiger partial charge in [0, 0.05) is 12.1 Å². The van der Waals surface area contributed by atoms with Gasteiger partial charge in [0.25, 0.3) is 5.56 Å². The molecule has 54 valence electrons. The molecule has 0 unspecified atom stereocenters. The molecule has 0 saturated carbocycles. The third-order valence-electron chi connectivity index (χ3n) is 1.00. The van der Waals surface area contributed by atoms with E-state index in [0.29, 0.717) is 10.9 Å². The number of nitrogens with one attached hydrogen (secondary N) is 1. The maximum atomic E-state index is 10.6. The van der Waals surface area contributed by atoms with E-state index in [0.717, 1.165) is 0 Å². The summed E-state index contributed by atoms with van der Waals surface area (Å²) in [6.07, 6.45) is 0. The smallest absolute Gasteiger partial charge is 0.252 e. The first-order valence-corrected chi connectivity index (χ1v) is 3.04. The zero-order valence-electron chi connectivity index (χ0n) is 5.35. The van der Waals surface area contributed by atoms with Crippen LogP contribution in [0.25, 0.3) is 0 Å². The summed E-state index contributed by atoms with van der Waals surface area (Å²) < 4.78 is 4.74. The number of ether oxygens (including phenoxy) is 1. The van der Waals surface area contributed by atoms with Crippen LogP contribution in [0.4, 0.5) is 0 Å². The molecule has 1 aromatic heterocycles. The molecule has 1 rings (SSSR count). The van der Waals surface area contributed by atoms with Crippen LogP contribution in [0.3, 0.4) is 0 Å². The highest BCUT2D eigenvalue weighted by Crippen LogP contribution is 2.09. The molecule has 0 spiro atoms. The quantitative estimate of drug-likeness (QED) is 0.665. The summed E-state index contributed by atoms with van der Waals surface area (Å²) in [6, 6.07) is 2.81. The van der Waals surface area contributed by atoms with E-state index in [-0.39, 0.29) is 5.56 Å². The van der Waals surface area contributed by atoms with Crippen LogP contribution in [0.1, 0.15) is 0 Å². The van der Waals surface area contributed by atoms with Gasteiger partial charge in [0.1, 0.15) is 0 Å². The molecule has 3 nitrogen and oxygen atoms in total. The molecule has 10 heavy (non-hydrogen) atoms. The Kier molecular flexibility index (Phi) is 1.97. The normalized spacial score (nSPS) is 9.40. The predicted octanol–water partition coefficient (Wildman–Crippen LogP) is 1.04. The molecule has 0 fully saturated rings. The monoisotopic (exact) mass is 159 g/mol. The molecule has 0 aromatic carbocycles. The second-order valence-electron chi connectivity index (χ2n) is 1.73. The molecule has 0 amide bonds. The van der Waals surface area contributed by atoms with Gasteiger partial charge in [-0.15, -0.1) is 0 Å². The van der Waals surface area contributed by atoms with Crippen molar-refractivity contribution in [1.82, 2.24) is 4.98 Å². The lowest BCUT2D eigenvalue weighted by Crippen LogP contribution is -2.04. The van der Waals surface area contributed by atoms with Gasteiger partial charge in [0.05, 0.1) is 12.1 Å². The Morgan fingerprint density at radius 3 is 2.80 bits per heavy atom. The van der Waals surface area contributed by atoms with E-state index in [1.807, 2.05) is 0 Å². The molecular weight excluding hydrogens is 154 g/mol. The minimum atomic E-state index is -0.260. The number of hydrogen-bond acceptors (Lipinski definition) is 2. The molecule has 0 aliphatic carbocycles. The maximum Gasteiger partial charge on any atom is 0.252 e. The number of hydrogen-bond donors (Lipinski definition) is 1. The fourth-order valence-corrected chi connectivity index (χ4v) is 0.794. The number of methoxy groups -OCH3 is 1. The van der Waals surface area contributed by atoms with Gasteiger partial charge in [0.2, 0.25) is 0 Å². The van der Waals surface area contributed by atoms with Gasteiger partial charge >= 0.3 is 0 Å². The highest BCUT2D eigenvalue weighted by Gasteiger charge is 1.93.